The smallest absolute Gasteiger partial charge is 0.219 e. The van der Waals surface area contributed by atoms with Gasteiger partial charge in [-0.05, 0) is 86.9 Å². The van der Waals surface area contributed by atoms with E-state index in [0.717, 1.165) is 47.3 Å². The third-order valence-electron chi connectivity index (χ3n) is 6.47. The molecule has 2 aromatic carbocycles. The van der Waals surface area contributed by atoms with Gasteiger partial charge in [-0.3, -0.25) is 10.6 Å². The summed E-state index contributed by atoms with van der Waals surface area (Å²) in [5.74, 6) is 0.573. The summed E-state index contributed by atoms with van der Waals surface area (Å²) >= 11 is 0. The topological polar surface area (TPSA) is 65.5 Å². The number of aryl methyl sites for hydroxylation is 3. The summed E-state index contributed by atoms with van der Waals surface area (Å²) in [6.45, 7) is 6.34. The molecule has 0 aliphatic carbocycles. The number of aromatic hydroxyl groups is 1. The molecule has 0 bridgehead atoms. The van der Waals surface area contributed by atoms with Gasteiger partial charge in [-0.15, -0.1) is 0 Å². The monoisotopic (exact) mass is 397 g/mol. The predicted octanol–water partition coefficient (Wildman–Crippen LogP) is 3.42. The number of phenolic OH excluding ortho intramolecular Hbond substituents is 1. The molecule has 0 saturated carbocycles. The molecule has 5 heteroatoms. The fourth-order valence-electron chi connectivity index (χ4n) is 4.49. The lowest BCUT2D eigenvalue weighted by molar-refractivity contribution is -0.0334. The maximum absolute atomic E-state index is 10.7. The van der Waals surface area contributed by atoms with E-state index in [0.29, 0.717) is 12.2 Å². The highest BCUT2D eigenvalue weighted by Gasteiger charge is 2.49. The highest BCUT2D eigenvalue weighted by molar-refractivity contribution is 5.54. The lowest BCUT2D eigenvalue weighted by atomic mass is 9.74. The molecule has 5 nitrogen and oxygen atoms in total. The van der Waals surface area contributed by atoms with Crippen LogP contribution in [0.15, 0.2) is 30.3 Å². The molecular formula is C24H35N3O2. The van der Waals surface area contributed by atoms with Crippen LogP contribution in [0, 0.1) is 0 Å². The van der Waals surface area contributed by atoms with Crippen molar-refractivity contribution < 1.29 is 9.84 Å². The van der Waals surface area contributed by atoms with Gasteiger partial charge in [0, 0.05) is 12.0 Å². The van der Waals surface area contributed by atoms with Crippen molar-refractivity contribution in [1.29, 1.82) is 0 Å². The SMILES string of the molecule is CCc1ccc2c(c1)C(NC)(c1cc(CC)c(O)c(CC)c1)CC(NC)(NC)O2. The van der Waals surface area contributed by atoms with Crippen LogP contribution in [0.1, 0.15) is 55.0 Å². The molecule has 1 unspecified atom stereocenters. The van der Waals surface area contributed by atoms with Crippen LogP contribution in [0.3, 0.4) is 0 Å². The molecule has 2 aromatic rings. The standard InChI is InChI=1S/C24H35N3O2/c1-7-16-10-11-21-20(12-16)23(25-4,15-24(26-5,27-6)29-21)19-13-17(8-2)22(28)18(9-3)14-19/h10-14,25-28H,7-9,15H2,1-6H3. The third kappa shape index (κ3) is 3.52. The van der Waals surface area contributed by atoms with Crippen LogP contribution in [-0.2, 0) is 24.8 Å². The fourth-order valence-corrected chi connectivity index (χ4v) is 4.49. The van der Waals surface area contributed by atoms with E-state index in [-0.39, 0.29) is 0 Å². The lowest BCUT2D eigenvalue weighted by Crippen LogP contribution is -2.66. The second-order valence-electron chi connectivity index (χ2n) is 7.80. The van der Waals surface area contributed by atoms with Gasteiger partial charge in [-0.2, -0.15) is 0 Å². The van der Waals surface area contributed by atoms with E-state index in [2.05, 4.69) is 67.1 Å². The van der Waals surface area contributed by atoms with E-state index in [9.17, 15) is 5.11 Å². The first-order valence-corrected chi connectivity index (χ1v) is 10.7. The van der Waals surface area contributed by atoms with Gasteiger partial charge in [-0.25, -0.2) is 0 Å². The molecule has 0 radical (unpaired) electrons. The number of benzene rings is 2. The van der Waals surface area contributed by atoms with Gasteiger partial charge in [0.15, 0.2) is 0 Å². The molecule has 0 spiro atoms. The van der Waals surface area contributed by atoms with Crippen molar-refractivity contribution in [3.8, 4) is 11.5 Å². The average molecular weight is 398 g/mol. The molecule has 0 saturated heterocycles. The first kappa shape index (κ1) is 21.6. The Labute approximate surface area is 174 Å². The summed E-state index contributed by atoms with van der Waals surface area (Å²) in [6.07, 6.45) is 3.19. The minimum Gasteiger partial charge on any atom is -0.507 e. The number of ether oxygens (including phenoxy) is 1. The Morgan fingerprint density at radius 3 is 2.00 bits per heavy atom. The molecule has 158 valence electrons. The number of rotatable bonds is 7. The summed E-state index contributed by atoms with van der Waals surface area (Å²) in [7, 11) is 5.83. The van der Waals surface area contributed by atoms with E-state index in [4.69, 9.17) is 4.74 Å². The first-order valence-electron chi connectivity index (χ1n) is 10.7. The number of phenols is 1. The molecule has 3 rings (SSSR count). The Balaban J connectivity index is 2.34. The summed E-state index contributed by atoms with van der Waals surface area (Å²) < 4.78 is 6.42. The first-order chi connectivity index (χ1) is 13.9. The van der Waals surface area contributed by atoms with Crippen molar-refractivity contribution in [1.82, 2.24) is 16.0 Å². The molecule has 0 fully saturated rings. The summed E-state index contributed by atoms with van der Waals surface area (Å²) in [5.41, 5.74) is 5.06. The van der Waals surface area contributed by atoms with Gasteiger partial charge < -0.3 is 15.2 Å². The Hall–Kier alpha value is -2.08. The molecule has 1 atom stereocenters. The van der Waals surface area contributed by atoms with E-state index in [1.807, 2.05) is 21.1 Å². The molecule has 0 amide bonds. The number of fused-ring (bicyclic) bond motifs is 1. The third-order valence-corrected chi connectivity index (χ3v) is 6.47. The van der Waals surface area contributed by atoms with Crippen LogP contribution < -0.4 is 20.7 Å². The van der Waals surface area contributed by atoms with E-state index in [1.54, 1.807) is 0 Å². The fraction of sp³-hybridized carbons (Fsp3) is 0.500. The number of nitrogens with one attached hydrogen (secondary N) is 3. The Morgan fingerprint density at radius 1 is 0.897 bits per heavy atom. The molecule has 1 heterocycles. The summed E-state index contributed by atoms with van der Waals surface area (Å²) in [5, 5.41) is 21.0. The largest absolute Gasteiger partial charge is 0.507 e. The van der Waals surface area contributed by atoms with Crippen molar-refractivity contribution in [2.45, 2.75) is 57.8 Å². The van der Waals surface area contributed by atoms with Crippen LogP contribution in [0.4, 0.5) is 0 Å². The number of hydrogen-bond donors (Lipinski definition) is 4. The maximum Gasteiger partial charge on any atom is 0.219 e. The van der Waals surface area contributed by atoms with Gasteiger partial charge in [0.1, 0.15) is 11.5 Å². The lowest BCUT2D eigenvalue weighted by Gasteiger charge is -2.49. The molecular weight excluding hydrogens is 362 g/mol. The number of hydrogen-bond acceptors (Lipinski definition) is 5. The van der Waals surface area contributed by atoms with Gasteiger partial charge >= 0.3 is 0 Å². The zero-order valence-corrected chi connectivity index (χ0v) is 18.6. The second-order valence-corrected chi connectivity index (χ2v) is 7.80. The molecule has 0 aromatic heterocycles. The Bertz CT molecular complexity index is 851. The zero-order valence-electron chi connectivity index (χ0n) is 18.6. The van der Waals surface area contributed by atoms with Gasteiger partial charge in [0.25, 0.3) is 0 Å². The van der Waals surface area contributed by atoms with Crippen LogP contribution in [0.2, 0.25) is 0 Å². The van der Waals surface area contributed by atoms with Gasteiger partial charge in [0.05, 0.1) is 5.54 Å². The minimum atomic E-state index is -0.708. The molecule has 4 N–H and O–H groups in total. The Morgan fingerprint density at radius 2 is 1.52 bits per heavy atom. The molecule has 1 aliphatic heterocycles. The van der Waals surface area contributed by atoms with E-state index < -0.39 is 11.4 Å². The van der Waals surface area contributed by atoms with Crippen molar-refractivity contribution in [3.05, 3.63) is 58.1 Å². The normalized spacial score (nSPS) is 20.2. The van der Waals surface area contributed by atoms with Gasteiger partial charge in [0.2, 0.25) is 5.85 Å². The molecule has 29 heavy (non-hydrogen) atoms. The zero-order chi connectivity index (χ0) is 21.2. The quantitative estimate of drug-likeness (QED) is 0.539. The van der Waals surface area contributed by atoms with Gasteiger partial charge in [-0.1, -0.05) is 26.8 Å². The second kappa shape index (κ2) is 8.34. The molecule has 1 aliphatic rings. The van der Waals surface area contributed by atoms with Crippen LogP contribution in [0.5, 0.6) is 11.5 Å². The summed E-state index contributed by atoms with van der Waals surface area (Å²) in [4.78, 5) is 0. The highest BCUT2D eigenvalue weighted by atomic mass is 16.5. The average Bonchev–Trinajstić information content (AvgIpc) is 2.77. The van der Waals surface area contributed by atoms with E-state index in [1.165, 1.54) is 5.56 Å². The predicted molar refractivity (Wildman–Crippen MR) is 119 cm³/mol. The summed E-state index contributed by atoms with van der Waals surface area (Å²) in [6, 6.07) is 10.8. The Kier molecular flexibility index (Phi) is 6.22. The van der Waals surface area contributed by atoms with Crippen LogP contribution in [0.25, 0.3) is 0 Å². The van der Waals surface area contributed by atoms with Crippen molar-refractivity contribution >= 4 is 0 Å². The minimum absolute atomic E-state index is 0.424. The maximum atomic E-state index is 10.7. The van der Waals surface area contributed by atoms with Crippen LogP contribution in [-0.4, -0.2) is 32.1 Å². The van der Waals surface area contributed by atoms with Crippen LogP contribution >= 0.6 is 0 Å². The van der Waals surface area contributed by atoms with E-state index >= 15 is 0 Å². The highest BCUT2D eigenvalue weighted by Crippen LogP contribution is 2.47. The van der Waals surface area contributed by atoms with Crippen molar-refractivity contribution in [2.24, 2.45) is 0 Å². The van der Waals surface area contributed by atoms with Crippen molar-refractivity contribution in [2.75, 3.05) is 21.1 Å². The van der Waals surface area contributed by atoms with Crippen molar-refractivity contribution in [3.63, 3.8) is 0 Å².